The van der Waals surface area contributed by atoms with E-state index in [0.717, 1.165) is 28.8 Å². The second kappa shape index (κ2) is 11.5. The quantitative estimate of drug-likeness (QED) is 0.231. The third-order valence-electron chi connectivity index (χ3n) is 5.94. The number of fused-ring (bicyclic) bond motifs is 1. The number of nitrogens with zero attached hydrogens (tertiary/aromatic N) is 5. The standard InChI is InChI=1S/C27H30BrN7O3/c1-6-26(37)30-19-15-20(24(38-5)16-22(19)34(4)12-11-33(2)3)31-27-29-9-7-25(32-27)35-10-8-18-21(35)13-17(28)14-23(18)36/h6-10,13-16,36H,1,11-12H2,2-5H3,(H,30,37)(H,29,31,32). The number of hydrogen-bond acceptors (Lipinski definition) is 8. The molecule has 1 amide bonds. The Hall–Kier alpha value is -4.09. The normalized spacial score (nSPS) is 11.0. The first-order chi connectivity index (χ1) is 18.2. The molecule has 0 atom stereocenters. The smallest absolute Gasteiger partial charge is 0.247 e. The lowest BCUT2D eigenvalue weighted by Crippen LogP contribution is -2.29. The maximum Gasteiger partial charge on any atom is 0.247 e. The van der Waals surface area contributed by atoms with Crippen molar-refractivity contribution in [3.8, 4) is 17.3 Å². The van der Waals surface area contributed by atoms with E-state index >= 15 is 0 Å². The van der Waals surface area contributed by atoms with Gasteiger partial charge in [-0.1, -0.05) is 22.5 Å². The van der Waals surface area contributed by atoms with Crippen molar-refractivity contribution >= 4 is 55.8 Å². The van der Waals surface area contributed by atoms with Crippen LogP contribution in [0.4, 0.5) is 23.0 Å². The summed E-state index contributed by atoms with van der Waals surface area (Å²) in [5, 5.41) is 17.1. The number of hydrogen-bond donors (Lipinski definition) is 3. The van der Waals surface area contributed by atoms with Crippen molar-refractivity contribution in [2.75, 3.05) is 56.9 Å². The Morgan fingerprint density at radius 2 is 1.97 bits per heavy atom. The zero-order valence-corrected chi connectivity index (χ0v) is 23.3. The number of benzene rings is 2. The predicted octanol–water partition coefficient (Wildman–Crippen LogP) is 4.76. The molecule has 10 nitrogen and oxygen atoms in total. The van der Waals surface area contributed by atoms with Gasteiger partial charge in [0.1, 0.15) is 17.3 Å². The minimum absolute atomic E-state index is 0.176. The van der Waals surface area contributed by atoms with Crippen molar-refractivity contribution in [3.05, 3.63) is 65.9 Å². The zero-order chi connectivity index (χ0) is 27.4. The average molecular weight is 580 g/mol. The van der Waals surface area contributed by atoms with E-state index in [0.29, 0.717) is 34.3 Å². The molecule has 198 valence electrons. The van der Waals surface area contributed by atoms with Gasteiger partial charge in [-0.05, 0) is 50.5 Å². The number of likely N-dealkylation sites (N-methyl/N-ethyl adjacent to an activating group) is 2. The third-order valence-corrected chi connectivity index (χ3v) is 6.40. The molecule has 2 aromatic carbocycles. The molecule has 38 heavy (non-hydrogen) atoms. The molecule has 0 aliphatic heterocycles. The van der Waals surface area contributed by atoms with Crippen LogP contribution >= 0.6 is 15.9 Å². The molecule has 0 fully saturated rings. The summed E-state index contributed by atoms with van der Waals surface area (Å²) in [6, 6.07) is 10.8. The van der Waals surface area contributed by atoms with E-state index in [-0.39, 0.29) is 11.7 Å². The first-order valence-electron chi connectivity index (χ1n) is 11.8. The summed E-state index contributed by atoms with van der Waals surface area (Å²) in [4.78, 5) is 25.4. The number of amides is 1. The Kier molecular flexibility index (Phi) is 8.18. The second-order valence-electron chi connectivity index (χ2n) is 8.89. The highest BCUT2D eigenvalue weighted by atomic mass is 79.9. The maximum atomic E-state index is 12.2. The number of rotatable bonds is 10. The van der Waals surface area contributed by atoms with Gasteiger partial charge in [-0.3, -0.25) is 4.79 Å². The Bertz CT molecular complexity index is 1490. The highest BCUT2D eigenvalue weighted by Gasteiger charge is 2.17. The second-order valence-corrected chi connectivity index (χ2v) is 9.81. The van der Waals surface area contributed by atoms with Gasteiger partial charge in [-0.2, -0.15) is 4.98 Å². The summed E-state index contributed by atoms with van der Waals surface area (Å²) in [5.74, 6) is 1.35. The monoisotopic (exact) mass is 579 g/mol. The molecule has 4 rings (SSSR count). The first-order valence-corrected chi connectivity index (χ1v) is 12.6. The molecule has 0 saturated carbocycles. The summed E-state index contributed by atoms with van der Waals surface area (Å²) in [6.07, 6.45) is 4.71. The van der Waals surface area contributed by atoms with Gasteiger partial charge in [-0.25, -0.2) is 4.98 Å². The van der Waals surface area contributed by atoms with Crippen molar-refractivity contribution in [1.82, 2.24) is 19.4 Å². The van der Waals surface area contributed by atoms with Gasteiger partial charge >= 0.3 is 0 Å². The average Bonchev–Trinajstić information content (AvgIpc) is 3.31. The molecule has 0 aliphatic rings. The van der Waals surface area contributed by atoms with E-state index in [9.17, 15) is 9.90 Å². The molecular weight excluding hydrogens is 550 g/mol. The minimum Gasteiger partial charge on any atom is -0.507 e. The van der Waals surface area contributed by atoms with Crippen LogP contribution in [-0.2, 0) is 4.79 Å². The number of anilines is 4. The third kappa shape index (κ3) is 5.90. The summed E-state index contributed by atoms with van der Waals surface area (Å²) >= 11 is 3.44. The van der Waals surface area contributed by atoms with Crippen molar-refractivity contribution in [2.45, 2.75) is 0 Å². The maximum absolute atomic E-state index is 12.2. The number of halogens is 1. The molecule has 0 saturated heterocycles. The van der Waals surface area contributed by atoms with E-state index in [1.54, 1.807) is 31.5 Å². The van der Waals surface area contributed by atoms with Gasteiger partial charge in [0, 0.05) is 48.5 Å². The molecule has 2 aromatic heterocycles. The van der Waals surface area contributed by atoms with Gasteiger partial charge in [0.25, 0.3) is 0 Å². The van der Waals surface area contributed by atoms with Crippen LogP contribution in [-0.4, -0.2) is 71.8 Å². The number of carbonyl (C=O) groups is 1. The van der Waals surface area contributed by atoms with E-state index in [1.165, 1.54) is 6.08 Å². The fraction of sp³-hybridized carbons (Fsp3) is 0.222. The van der Waals surface area contributed by atoms with Gasteiger partial charge in [-0.15, -0.1) is 0 Å². The predicted molar refractivity (Wildman–Crippen MR) is 155 cm³/mol. The van der Waals surface area contributed by atoms with Crippen LogP contribution in [0.25, 0.3) is 16.7 Å². The Balaban J connectivity index is 1.71. The molecule has 11 heteroatoms. The van der Waals surface area contributed by atoms with Crippen LogP contribution in [0.3, 0.4) is 0 Å². The summed E-state index contributed by atoms with van der Waals surface area (Å²) < 4.78 is 8.30. The lowest BCUT2D eigenvalue weighted by Gasteiger charge is -2.26. The highest BCUT2D eigenvalue weighted by Crippen LogP contribution is 2.38. The molecule has 3 N–H and O–H groups in total. The fourth-order valence-corrected chi connectivity index (χ4v) is 4.39. The lowest BCUT2D eigenvalue weighted by molar-refractivity contribution is -0.111. The number of aromatic hydroxyl groups is 1. The summed E-state index contributed by atoms with van der Waals surface area (Å²) in [5.41, 5.74) is 2.75. The highest BCUT2D eigenvalue weighted by molar-refractivity contribution is 9.10. The van der Waals surface area contributed by atoms with E-state index < -0.39 is 0 Å². The van der Waals surface area contributed by atoms with Crippen LogP contribution in [0.15, 0.2) is 65.9 Å². The number of carbonyl (C=O) groups excluding carboxylic acids is 1. The number of nitrogens with one attached hydrogen (secondary N) is 2. The molecule has 0 aliphatic carbocycles. The Labute approximate surface area is 229 Å². The number of ether oxygens (including phenoxy) is 1. The molecule has 0 bridgehead atoms. The molecule has 0 radical (unpaired) electrons. The van der Waals surface area contributed by atoms with Crippen LogP contribution < -0.4 is 20.3 Å². The largest absolute Gasteiger partial charge is 0.507 e. The fourth-order valence-electron chi connectivity index (χ4n) is 3.96. The van der Waals surface area contributed by atoms with Crippen LogP contribution in [0, 0.1) is 0 Å². The van der Waals surface area contributed by atoms with E-state index in [4.69, 9.17) is 4.74 Å². The summed E-state index contributed by atoms with van der Waals surface area (Å²) in [6.45, 7) is 5.14. The van der Waals surface area contributed by atoms with Gasteiger partial charge in [0.15, 0.2) is 0 Å². The van der Waals surface area contributed by atoms with Crippen LogP contribution in [0.1, 0.15) is 0 Å². The molecule has 2 heterocycles. The van der Waals surface area contributed by atoms with Crippen LogP contribution in [0.2, 0.25) is 0 Å². The topological polar surface area (TPSA) is 108 Å². The van der Waals surface area contributed by atoms with Crippen molar-refractivity contribution in [3.63, 3.8) is 0 Å². The number of methoxy groups -OCH3 is 1. The minimum atomic E-state index is -0.324. The molecule has 4 aromatic rings. The SMILES string of the molecule is C=CC(=O)Nc1cc(Nc2nccc(-n3ccc4c(O)cc(Br)cc43)n2)c(OC)cc1N(C)CCN(C)C. The van der Waals surface area contributed by atoms with E-state index in [1.807, 2.05) is 55.0 Å². The zero-order valence-electron chi connectivity index (χ0n) is 21.7. The lowest BCUT2D eigenvalue weighted by atomic mass is 10.2. The Morgan fingerprint density at radius 3 is 2.68 bits per heavy atom. The number of phenolic OH excluding ortho intramolecular Hbond substituents is 1. The van der Waals surface area contributed by atoms with Crippen molar-refractivity contribution in [2.24, 2.45) is 0 Å². The van der Waals surface area contributed by atoms with Gasteiger partial charge < -0.3 is 34.8 Å². The first kappa shape index (κ1) is 27.0. The molecule has 0 unspecified atom stereocenters. The van der Waals surface area contributed by atoms with Crippen molar-refractivity contribution in [1.29, 1.82) is 0 Å². The van der Waals surface area contributed by atoms with E-state index in [2.05, 4.69) is 48.0 Å². The number of aromatic nitrogens is 3. The Morgan fingerprint density at radius 1 is 1.18 bits per heavy atom. The van der Waals surface area contributed by atoms with Crippen molar-refractivity contribution < 1.29 is 14.6 Å². The molecular formula is C27H30BrN7O3. The number of phenols is 1. The van der Waals surface area contributed by atoms with Gasteiger partial charge in [0.05, 0.1) is 29.7 Å². The van der Waals surface area contributed by atoms with Gasteiger partial charge in [0.2, 0.25) is 11.9 Å². The summed E-state index contributed by atoms with van der Waals surface area (Å²) in [7, 11) is 7.56. The van der Waals surface area contributed by atoms with Crippen LogP contribution in [0.5, 0.6) is 11.5 Å². The molecule has 0 spiro atoms.